The summed E-state index contributed by atoms with van der Waals surface area (Å²) >= 11 is 8.09. The van der Waals surface area contributed by atoms with E-state index in [4.69, 9.17) is 21.1 Å². The van der Waals surface area contributed by atoms with Crippen LogP contribution in [0, 0.1) is 3.70 Å². The van der Waals surface area contributed by atoms with Crippen LogP contribution in [0.15, 0.2) is 24.4 Å². The van der Waals surface area contributed by atoms with E-state index < -0.39 is 0 Å². The second-order valence-electron chi connectivity index (χ2n) is 3.86. The Bertz CT molecular complexity index is 610. The van der Waals surface area contributed by atoms with Crippen molar-refractivity contribution in [3.05, 3.63) is 38.8 Å². The third-order valence-corrected chi connectivity index (χ3v) is 3.42. The van der Waals surface area contributed by atoms with Gasteiger partial charge in [0.15, 0.2) is 11.0 Å². The molecule has 0 aliphatic heterocycles. The van der Waals surface area contributed by atoms with E-state index in [9.17, 15) is 0 Å². The Morgan fingerprint density at radius 3 is 2.75 bits per heavy atom. The van der Waals surface area contributed by atoms with Gasteiger partial charge < -0.3 is 14.8 Å². The highest BCUT2D eigenvalue weighted by Gasteiger charge is 2.08. The molecule has 0 radical (unpaired) electrons. The molecule has 0 bridgehead atoms. The average Bonchev–Trinajstić information content (AvgIpc) is 2.46. The van der Waals surface area contributed by atoms with E-state index in [1.165, 1.54) is 0 Å². The first-order valence-electron chi connectivity index (χ1n) is 5.77. The van der Waals surface area contributed by atoms with Crippen LogP contribution >= 0.6 is 34.2 Å². The van der Waals surface area contributed by atoms with Crippen molar-refractivity contribution < 1.29 is 9.47 Å². The summed E-state index contributed by atoms with van der Waals surface area (Å²) in [7, 11) is 3.24. The van der Waals surface area contributed by atoms with Gasteiger partial charge in [0, 0.05) is 18.2 Å². The highest BCUT2D eigenvalue weighted by Crippen LogP contribution is 2.26. The van der Waals surface area contributed by atoms with Crippen molar-refractivity contribution in [3.63, 3.8) is 0 Å². The minimum atomic E-state index is 0.351. The van der Waals surface area contributed by atoms with Crippen molar-refractivity contribution in [2.75, 3.05) is 19.5 Å². The fraction of sp³-hybridized carbons (Fsp3) is 0.231. The molecule has 0 aliphatic rings. The first-order valence-corrected chi connectivity index (χ1v) is 7.22. The maximum atomic E-state index is 6.02. The van der Waals surface area contributed by atoms with Crippen molar-refractivity contribution >= 4 is 40.0 Å². The maximum absolute atomic E-state index is 6.02. The number of methoxy groups -OCH3 is 2. The Hall–Kier alpha value is -1.28. The maximum Gasteiger partial charge on any atom is 0.172 e. The van der Waals surface area contributed by atoms with E-state index in [0.717, 1.165) is 20.8 Å². The second-order valence-corrected chi connectivity index (χ2v) is 5.33. The summed E-state index contributed by atoms with van der Waals surface area (Å²) in [5.41, 5.74) is 0.977. The number of halogens is 2. The average molecular weight is 406 g/mol. The number of nitrogens with one attached hydrogen (secondary N) is 1. The molecule has 5 nitrogen and oxygen atoms in total. The van der Waals surface area contributed by atoms with Crippen LogP contribution in [-0.2, 0) is 6.54 Å². The minimum Gasteiger partial charge on any atom is -0.497 e. The Morgan fingerprint density at radius 1 is 1.30 bits per heavy atom. The number of rotatable bonds is 5. The van der Waals surface area contributed by atoms with E-state index in [-0.39, 0.29) is 0 Å². The molecule has 1 aromatic carbocycles. The van der Waals surface area contributed by atoms with Crippen molar-refractivity contribution in [2.45, 2.75) is 6.54 Å². The highest BCUT2D eigenvalue weighted by atomic mass is 127. The van der Waals surface area contributed by atoms with Crippen molar-refractivity contribution in [1.29, 1.82) is 0 Å². The molecule has 2 rings (SSSR count). The van der Waals surface area contributed by atoms with E-state index in [1.807, 2.05) is 18.2 Å². The number of nitrogens with zero attached hydrogens (tertiary/aromatic N) is 2. The van der Waals surface area contributed by atoms with Crippen molar-refractivity contribution in [1.82, 2.24) is 9.97 Å². The summed E-state index contributed by atoms with van der Waals surface area (Å²) in [6.45, 7) is 0.530. The van der Waals surface area contributed by atoms with Gasteiger partial charge in [0.2, 0.25) is 0 Å². The largest absolute Gasteiger partial charge is 0.497 e. The van der Waals surface area contributed by atoms with Crippen LogP contribution in [0.1, 0.15) is 5.56 Å². The Morgan fingerprint density at radius 2 is 2.10 bits per heavy atom. The molecule has 0 saturated carbocycles. The zero-order valence-electron chi connectivity index (χ0n) is 11.0. The molecule has 1 heterocycles. The molecular formula is C13H13ClIN3O2. The smallest absolute Gasteiger partial charge is 0.172 e. The van der Waals surface area contributed by atoms with Gasteiger partial charge in [-0.25, -0.2) is 9.97 Å². The molecule has 0 atom stereocenters. The Kier molecular flexibility index (Phi) is 5.24. The van der Waals surface area contributed by atoms with Crippen molar-refractivity contribution in [3.8, 4) is 11.5 Å². The molecule has 0 saturated heterocycles. The molecule has 7 heteroatoms. The van der Waals surface area contributed by atoms with E-state index in [1.54, 1.807) is 20.4 Å². The lowest BCUT2D eigenvalue weighted by atomic mass is 10.2. The van der Waals surface area contributed by atoms with E-state index in [2.05, 4.69) is 37.9 Å². The molecular weight excluding hydrogens is 393 g/mol. The number of anilines is 1. The Balaban J connectivity index is 2.14. The predicted molar refractivity (Wildman–Crippen MR) is 86.6 cm³/mol. The number of hydrogen-bond donors (Lipinski definition) is 1. The normalized spacial score (nSPS) is 10.2. The molecule has 1 N–H and O–H groups in total. The van der Waals surface area contributed by atoms with Gasteiger partial charge in [0.05, 0.1) is 20.4 Å². The summed E-state index contributed by atoms with van der Waals surface area (Å²) in [5.74, 6) is 2.04. The van der Waals surface area contributed by atoms with Crippen molar-refractivity contribution in [2.24, 2.45) is 0 Å². The molecule has 20 heavy (non-hydrogen) atoms. The molecule has 0 unspecified atom stereocenters. The van der Waals surface area contributed by atoms with Gasteiger partial charge in [0.1, 0.15) is 15.2 Å². The summed E-state index contributed by atoms with van der Waals surface area (Å²) in [5, 5.41) is 3.49. The monoisotopic (exact) mass is 405 g/mol. The zero-order valence-corrected chi connectivity index (χ0v) is 13.9. The summed E-state index contributed by atoms with van der Waals surface area (Å²) in [4.78, 5) is 8.34. The van der Waals surface area contributed by atoms with Gasteiger partial charge in [-0.05, 0) is 34.7 Å². The van der Waals surface area contributed by atoms with E-state index in [0.29, 0.717) is 17.5 Å². The fourth-order valence-corrected chi connectivity index (χ4v) is 2.37. The summed E-state index contributed by atoms with van der Waals surface area (Å²) in [6.07, 6.45) is 1.65. The summed E-state index contributed by atoms with van der Waals surface area (Å²) in [6, 6.07) is 5.64. The number of hydrogen-bond acceptors (Lipinski definition) is 5. The van der Waals surface area contributed by atoms with Crippen LogP contribution in [0.3, 0.4) is 0 Å². The third kappa shape index (κ3) is 3.63. The van der Waals surface area contributed by atoms with E-state index >= 15 is 0 Å². The van der Waals surface area contributed by atoms with Gasteiger partial charge in [-0.1, -0.05) is 11.6 Å². The highest BCUT2D eigenvalue weighted by molar-refractivity contribution is 14.1. The quantitative estimate of drug-likeness (QED) is 0.773. The minimum absolute atomic E-state index is 0.351. The van der Waals surface area contributed by atoms with Gasteiger partial charge in [-0.15, -0.1) is 0 Å². The lowest BCUT2D eigenvalue weighted by Crippen LogP contribution is -2.05. The summed E-state index contributed by atoms with van der Waals surface area (Å²) < 4.78 is 11.2. The number of benzene rings is 1. The lowest BCUT2D eigenvalue weighted by Gasteiger charge is -2.12. The van der Waals surface area contributed by atoms with Gasteiger partial charge in [0.25, 0.3) is 0 Å². The van der Waals surface area contributed by atoms with Crippen LogP contribution in [0.4, 0.5) is 5.82 Å². The zero-order chi connectivity index (χ0) is 14.5. The molecule has 0 amide bonds. The SMILES string of the molecule is COc1ccc(CNc2ncc(I)nc2Cl)c(OC)c1. The van der Waals surface area contributed by atoms with Crippen LogP contribution in [0.2, 0.25) is 5.15 Å². The molecule has 0 aliphatic carbocycles. The van der Waals surface area contributed by atoms with Gasteiger partial charge in [-0.2, -0.15) is 0 Å². The fourth-order valence-electron chi connectivity index (χ4n) is 1.64. The van der Waals surface area contributed by atoms with Crippen LogP contribution < -0.4 is 14.8 Å². The molecule has 0 spiro atoms. The predicted octanol–water partition coefficient (Wildman–Crippen LogP) is 3.36. The van der Waals surface area contributed by atoms with Crippen LogP contribution in [-0.4, -0.2) is 24.2 Å². The number of aromatic nitrogens is 2. The molecule has 2 aromatic rings. The molecule has 0 fully saturated rings. The third-order valence-electron chi connectivity index (χ3n) is 2.64. The standard InChI is InChI=1S/C13H13ClIN3O2/c1-19-9-4-3-8(10(5-9)20-2)6-16-13-12(14)18-11(15)7-17-13/h3-5,7H,6H2,1-2H3,(H,16,17). The Labute approximate surface area is 135 Å². The van der Waals surface area contributed by atoms with Crippen LogP contribution in [0.5, 0.6) is 11.5 Å². The van der Waals surface area contributed by atoms with Crippen LogP contribution in [0.25, 0.3) is 0 Å². The lowest BCUT2D eigenvalue weighted by molar-refractivity contribution is 0.391. The first kappa shape index (κ1) is 15.1. The van der Waals surface area contributed by atoms with Gasteiger partial charge >= 0.3 is 0 Å². The topological polar surface area (TPSA) is 56.3 Å². The van der Waals surface area contributed by atoms with Gasteiger partial charge in [-0.3, -0.25) is 0 Å². The molecule has 1 aromatic heterocycles. The first-order chi connectivity index (χ1) is 9.63. The molecule has 106 valence electrons. The number of ether oxygens (including phenoxy) is 2. The second kappa shape index (κ2) is 6.94.